The monoisotopic (exact) mass is 525 g/mol. The molecule has 7 nitrogen and oxygen atoms in total. The maximum absolute atomic E-state index is 13.1. The van der Waals surface area contributed by atoms with Gasteiger partial charge in [0.15, 0.2) is 6.10 Å². The van der Waals surface area contributed by atoms with Crippen molar-refractivity contribution >= 4 is 12.1 Å². The number of benzene rings is 2. The summed E-state index contributed by atoms with van der Waals surface area (Å²) in [5.41, 5.74) is 1.39. The van der Waals surface area contributed by atoms with E-state index in [2.05, 4.69) is 0 Å². The van der Waals surface area contributed by atoms with E-state index in [1.165, 1.54) is 29.2 Å². The molecule has 0 aliphatic heterocycles. The van der Waals surface area contributed by atoms with Crippen LogP contribution >= 0.6 is 0 Å². The van der Waals surface area contributed by atoms with Crippen molar-refractivity contribution in [2.75, 3.05) is 26.3 Å². The van der Waals surface area contributed by atoms with Crippen LogP contribution in [0.2, 0.25) is 0 Å². The lowest BCUT2D eigenvalue weighted by Crippen LogP contribution is -2.36. The largest absolute Gasteiger partial charge is 0.492 e. The molecule has 0 aliphatic carbocycles. The van der Waals surface area contributed by atoms with Gasteiger partial charge in [0, 0.05) is 26.0 Å². The van der Waals surface area contributed by atoms with Crippen molar-refractivity contribution in [2.45, 2.75) is 58.2 Å². The molecular formula is C27H34F3NO6. The molecule has 2 rings (SSSR count). The number of ether oxygens (including phenoxy) is 3. The van der Waals surface area contributed by atoms with Crippen molar-refractivity contribution in [3.05, 3.63) is 65.5 Å². The molecule has 0 aromatic heterocycles. The number of carboxylic acid groups (broad SMARTS) is 1. The number of halogens is 3. The molecule has 0 radical (unpaired) electrons. The quantitative estimate of drug-likeness (QED) is 0.283. The molecule has 1 amide bonds. The van der Waals surface area contributed by atoms with Gasteiger partial charge in [-0.15, -0.1) is 0 Å². The fraction of sp³-hybridized carbons (Fsp3) is 0.481. The highest BCUT2D eigenvalue weighted by Crippen LogP contribution is 2.20. The first-order chi connectivity index (χ1) is 17.6. The molecular weight excluding hydrogens is 491 g/mol. The Kier molecular flexibility index (Phi) is 12.2. The molecule has 0 bridgehead atoms. The number of hydrogen-bond acceptors (Lipinski definition) is 5. The third kappa shape index (κ3) is 12.0. The highest BCUT2D eigenvalue weighted by atomic mass is 19.3. The summed E-state index contributed by atoms with van der Waals surface area (Å²) in [6, 6.07) is 12.4. The van der Waals surface area contributed by atoms with Crippen molar-refractivity contribution in [1.82, 2.24) is 4.90 Å². The molecule has 0 saturated carbocycles. The van der Waals surface area contributed by atoms with Crippen LogP contribution in [0, 0.1) is 5.82 Å². The minimum atomic E-state index is -2.77. The molecule has 1 atom stereocenters. The van der Waals surface area contributed by atoms with Crippen molar-refractivity contribution in [3.8, 4) is 5.75 Å². The van der Waals surface area contributed by atoms with Crippen LogP contribution < -0.4 is 4.74 Å². The Hall–Kier alpha value is -3.27. The van der Waals surface area contributed by atoms with Crippen molar-refractivity contribution in [2.24, 2.45) is 0 Å². The smallest absolute Gasteiger partial charge is 0.410 e. The van der Waals surface area contributed by atoms with Gasteiger partial charge in [0.25, 0.3) is 0 Å². The fourth-order valence-corrected chi connectivity index (χ4v) is 3.48. The molecule has 1 N–H and O–H groups in total. The van der Waals surface area contributed by atoms with Gasteiger partial charge in [0.1, 0.15) is 24.8 Å². The summed E-state index contributed by atoms with van der Waals surface area (Å²) >= 11 is 0. The van der Waals surface area contributed by atoms with E-state index in [4.69, 9.17) is 14.2 Å². The van der Waals surface area contributed by atoms with Crippen LogP contribution in [0.1, 0.15) is 44.2 Å². The van der Waals surface area contributed by atoms with Gasteiger partial charge in [-0.05, 0) is 62.1 Å². The second-order valence-electron chi connectivity index (χ2n) is 8.67. The van der Waals surface area contributed by atoms with Crippen LogP contribution in [0.5, 0.6) is 5.75 Å². The zero-order valence-electron chi connectivity index (χ0n) is 21.1. The summed E-state index contributed by atoms with van der Waals surface area (Å²) < 4.78 is 55.6. The Balaban J connectivity index is 1.89. The van der Waals surface area contributed by atoms with Crippen molar-refractivity contribution in [1.29, 1.82) is 0 Å². The van der Waals surface area contributed by atoms with Crippen LogP contribution in [0.4, 0.5) is 18.0 Å². The third-order valence-electron chi connectivity index (χ3n) is 5.45. The summed E-state index contributed by atoms with van der Waals surface area (Å²) in [7, 11) is 0. The molecule has 204 valence electrons. The Labute approximate surface area is 215 Å². The summed E-state index contributed by atoms with van der Waals surface area (Å²) in [5, 5.41) is 9.22. The number of nitrogens with zero attached hydrogens (tertiary/aromatic N) is 1. The molecule has 0 aliphatic rings. The zero-order chi connectivity index (χ0) is 27.3. The number of amides is 1. The average Bonchev–Trinajstić information content (AvgIpc) is 2.85. The summed E-state index contributed by atoms with van der Waals surface area (Å²) in [5.74, 6) is -3.67. The van der Waals surface area contributed by atoms with Gasteiger partial charge in [0.05, 0.1) is 6.54 Å². The Morgan fingerprint density at radius 3 is 2.24 bits per heavy atom. The van der Waals surface area contributed by atoms with Crippen LogP contribution in [0.15, 0.2) is 48.5 Å². The first kappa shape index (κ1) is 30.0. The summed E-state index contributed by atoms with van der Waals surface area (Å²) in [6.45, 7) is 3.34. The molecule has 37 heavy (non-hydrogen) atoms. The Morgan fingerprint density at radius 1 is 1.00 bits per heavy atom. The number of carboxylic acids is 1. The number of rotatable bonds is 16. The van der Waals surface area contributed by atoms with Gasteiger partial charge in [-0.3, -0.25) is 0 Å². The number of aliphatic carboxylic acids is 1. The van der Waals surface area contributed by atoms with Crippen molar-refractivity contribution < 1.29 is 42.1 Å². The summed E-state index contributed by atoms with van der Waals surface area (Å²) in [6.07, 6.45) is -1.00. The topological polar surface area (TPSA) is 85.3 Å². The second-order valence-corrected chi connectivity index (χ2v) is 8.67. The number of unbranched alkanes of at least 4 members (excludes halogenated alkanes) is 1. The second kappa shape index (κ2) is 15.1. The van der Waals surface area contributed by atoms with Crippen LogP contribution in [0.25, 0.3) is 0 Å². The van der Waals surface area contributed by atoms with Crippen LogP contribution in [-0.2, 0) is 27.3 Å². The number of carbonyl (C=O) groups is 2. The van der Waals surface area contributed by atoms with E-state index < -0.39 is 29.9 Å². The molecule has 2 aromatic carbocycles. The fourth-order valence-electron chi connectivity index (χ4n) is 3.48. The normalized spacial score (nSPS) is 12.1. The molecule has 1 unspecified atom stereocenters. The van der Waals surface area contributed by atoms with E-state index in [0.717, 1.165) is 12.5 Å². The molecule has 0 spiro atoms. The first-order valence-corrected chi connectivity index (χ1v) is 12.2. The van der Waals surface area contributed by atoms with E-state index in [9.17, 15) is 27.9 Å². The van der Waals surface area contributed by atoms with Gasteiger partial charge in [-0.2, -0.15) is 0 Å². The first-order valence-electron chi connectivity index (χ1n) is 12.2. The van der Waals surface area contributed by atoms with E-state index in [0.29, 0.717) is 24.3 Å². The standard InChI is InChI=1S/C27H34F3NO6/c1-3-35-24(25(32)33)18-20-8-12-23(13-9-20)36-17-16-31(15-5-4-14-27(2,29)30)26(34)37-19-21-6-10-22(28)11-7-21/h6-13,24H,3-5,14-19H2,1-2H3,(H,32,33). The molecule has 0 heterocycles. The number of carbonyl (C=O) groups excluding carboxylic acids is 1. The predicted molar refractivity (Wildman–Crippen MR) is 131 cm³/mol. The van der Waals surface area contributed by atoms with E-state index >= 15 is 0 Å². The molecule has 2 aromatic rings. The maximum Gasteiger partial charge on any atom is 0.410 e. The van der Waals surface area contributed by atoms with Gasteiger partial charge >= 0.3 is 12.1 Å². The minimum absolute atomic E-state index is 0.0515. The van der Waals surface area contributed by atoms with E-state index in [1.807, 2.05) is 0 Å². The van der Waals surface area contributed by atoms with Gasteiger partial charge in [-0.25, -0.2) is 22.8 Å². The minimum Gasteiger partial charge on any atom is -0.492 e. The predicted octanol–water partition coefficient (Wildman–Crippen LogP) is 5.70. The number of alkyl halides is 2. The Bertz CT molecular complexity index is 964. The summed E-state index contributed by atoms with van der Waals surface area (Å²) in [4.78, 5) is 25.3. The lowest BCUT2D eigenvalue weighted by molar-refractivity contribution is -0.149. The highest BCUT2D eigenvalue weighted by molar-refractivity contribution is 5.72. The molecule has 0 fully saturated rings. The van der Waals surface area contributed by atoms with E-state index in [-0.39, 0.29) is 45.6 Å². The van der Waals surface area contributed by atoms with Gasteiger partial charge < -0.3 is 24.2 Å². The van der Waals surface area contributed by atoms with Crippen LogP contribution in [0.3, 0.4) is 0 Å². The zero-order valence-corrected chi connectivity index (χ0v) is 21.1. The van der Waals surface area contributed by atoms with Gasteiger partial charge in [0.2, 0.25) is 5.92 Å². The van der Waals surface area contributed by atoms with Crippen LogP contribution in [-0.4, -0.2) is 60.4 Å². The SMILES string of the molecule is CCOC(Cc1ccc(OCCN(CCCCC(C)(F)F)C(=O)OCc2ccc(F)cc2)cc1)C(=O)O. The highest BCUT2D eigenvalue weighted by Gasteiger charge is 2.21. The molecule has 0 saturated heterocycles. The number of hydrogen-bond donors (Lipinski definition) is 1. The lowest BCUT2D eigenvalue weighted by Gasteiger charge is -2.23. The van der Waals surface area contributed by atoms with Crippen molar-refractivity contribution in [3.63, 3.8) is 0 Å². The Morgan fingerprint density at radius 2 is 1.65 bits per heavy atom. The lowest BCUT2D eigenvalue weighted by atomic mass is 10.1. The average molecular weight is 526 g/mol. The molecule has 10 heteroatoms. The van der Waals surface area contributed by atoms with Gasteiger partial charge in [-0.1, -0.05) is 24.3 Å². The maximum atomic E-state index is 13.1. The third-order valence-corrected chi connectivity index (χ3v) is 5.45. The van der Waals surface area contributed by atoms with E-state index in [1.54, 1.807) is 31.2 Å².